The van der Waals surface area contributed by atoms with Gasteiger partial charge in [0, 0.05) is 15.6 Å². The average Bonchev–Trinajstić information content (AvgIpc) is 3.21. The maximum absolute atomic E-state index is 13.1. The van der Waals surface area contributed by atoms with Crippen molar-refractivity contribution in [2.24, 2.45) is 11.0 Å². The Morgan fingerprint density at radius 1 is 1.12 bits per heavy atom. The number of hydrogen-bond acceptors (Lipinski definition) is 4. The van der Waals surface area contributed by atoms with Gasteiger partial charge in [-0.25, -0.2) is 9.82 Å². The predicted octanol–water partition coefficient (Wildman–Crippen LogP) is 5.45. The standard InChI is InChI=1S/C25H25BrFN3O3/c1-15(2)12-22(29-24(31)17-5-7-18(27)8-6-17)25(32)30-28-14-19-9-11-23(33-19)20-10-4-16(3)13-21(20)26/h4-11,13-15,22H,12H2,1-3H3,(H,29,31)(H,30,32)/b28-14-/t22-/m0/s1. The van der Waals surface area contributed by atoms with Crippen LogP contribution in [0.5, 0.6) is 0 Å². The summed E-state index contributed by atoms with van der Waals surface area (Å²) in [6, 6.07) is 13.9. The first-order valence-electron chi connectivity index (χ1n) is 10.5. The summed E-state index contributed by atoms with van der Waals surface area (Å²) in [4.78, 5) is 25.1. The van der Waals surface area contributed by atoms with E-state index in [1.807, 2.05) is 45.0 Å². The van der Waals surface area contributed by atoms with E-state index in [4.69, 9.17) is 4.42 Å². The lowest BCUT2D eigenvalue weighted by atomic mass is 10.0. The third-order valence-electron chi connectivity index (χ3n) is 4.82. The fourth-order valence-electron chi connectivity index (χ4n) is 3.17. The van der Waals surface area contributed by atoms with Gasteiger partial charge in [-0.05, 0) is 73.4 Å². The summed E-state index contributed by atoms with van der Waals surface area (Å²) in [5.74, 6) is -0.0676. The van der Waals surface area contributed by atoms with E-state index in [2.05, 4.69) is 31.8 Å². The Morgan fingerprint density at radius 2 is 1.85 bits per heavy atom. The molecule has 0 unspecified atom stereocenters. The van der Waals surface area contributed by atoms with E-state index in [1.165, 1.54) is 30.5 Å². The van der Waals surface area contributed by atoms with Crippen molar-refractivity contribution in [2.45, 2.75) is 33.2 Å². The average molecular weight is 514 g/mol. The van der Waals surface area contributed by atoms with Crippen LogP contribution in [0.1, 0.15) is 41.9 Å². The van der Waals surface area contributed by atoms with E-state index < -0.39 is 23.7 Å². The number of carbonyl (C=O) groups excluding carboxylic acids is 2. The minimum absolute atomic E-state index is 0.152. The molecule has 0 aliphatic heterocycles. The zero-order valence-electron chi connectivity index (χ0n) is 18.6. The van der Waals surface area contributed by atoms with Crippen molar-refractivity contribution in [3.05, 3.63) is 81.8 Å². The van der Waals surface area contributed by atoms with Crippen LogP contribution in [0.15, 0.2) is 68.6 Å². The Morgan fingerprint density at radius 3 is 2.52 bits per heavy atom. The maximum atomic E-state index is 13.1. The summed E-state index contributed by atoms with van der Waals surface area (Å²) >= 11 is 3.54. The van der Waals surface area contributed by atoms with Gasteiger partial charge in [-0.1, -0.05) is 35.8 Å². The summed E-state index contributed by atoms with van der Waals surface area (Å²) in [6.07, 6.45) is 1.82. The number of benzene rings is 2. The van der Waals surface area contributed by atoms with Gasteiger partial charge in [-0.15, -0.1) is 0 Å². The molecular weight excluding hydrogens is 489 g/mol. The molecule has 0 spiro atoms. The van der Waals surface area contributed by atoms with Crippen LogP contribution in [0.3, 0.4) is 0 Å². The lowest BCUT2D eigenvalue weighted by Gasteiger charge is -2.19. The molecule has 2 amide bonds. The molecule has 1 aromatic heterocycles. The van der Waals surface area contributed by atoms with E-state index in [-0.39, 0.29) is 11.5 Å². The molecule has 3 rings (SSSR count). The number of hydrazone groups is 1. The van der Waals surface area contributed by atoms with E-state index in [1.54, 1.807) is 6.07 Å². The van der Waals surface area contributed by atoms with Crippen LogP contribution in [-0.2, 0) is 4.79 Å². The molecule has 0 bridgehead atoms. The lowest BCUT2D eigenvalue weighted by Crippen LogP contribution is -2.46. The van der Waals surface area contributed by atoms with E-state index in [0.717, 1.165) is 15.6 Å². The second kappa shape index (κ2) is 11.0. The fourth-order valence-corrected chi connectivity index (χ4v) is 3.86. The van der Waals surface area contributed by atoms with E-state index in [9.17, 15) is 14.0 Å². The highest BCUT2D eigenvalue weighted by Crippen LogP contribution is 2.30. The van der Waals surface area contributed by atoms with Gasteiger partial charge in [0.25, 0.3) is 11.8 Å². The van der Waals surface area contributed by atoms with Crippen LogP contribution >= 0.6 is 15.9 Å². The number of rotatable bonds is 8. The van der Waals surface area contributed by atoms with Crippen LogP contribution in [0.25, 0.3) is 11.3 Å². The summed E-state index contributed by atoms with van der Waals surface area (Å²) in [5.41, 5.74) is 4.76. The second-order valence-electron chi connectivity index (χ2n) is 8.08. The van der Waals surface area contributed by atoms with Crippen LogP contribution in [-0.4, -0.2) is 24.1 Å². The summed E-state index contributed by atoms with van der Waals surface area (Å²) in [6.45, 7) is 5.90. The number of halogens is 2. The number of furan rings is 1. The molecule has 0 radical (unpaired) electrons. The zero-order chi connectivity index (χ0) is 24.0. The lowest BCUT2D eigenvalue weighted by molar-refractivity contribution is -0.123. The van der Waals surface area contributed by atoms with Gasteiger partial charge >= 0.3 is 0 Å². The fraction of sp³-hybridized carbons (Fsp3) is 0.240. The highest BCUT2D eigenvalue weighted by molar-refractivity contribution is 9.10. The van der Waals surface area contributed by atoms with E-state index >= 15 is 0 Å². The molecule has 172 valence electrons. The minimum atomic E-state index is -0.796. The number of aryl methyl sites for hydroxylation is 1. The molecule has 0 saturated carbocycles. The third kappa shape index (κ3) is 6.86. The van der Waals surface area contributed by atoms with Gasteiger partial charge in [-0.3, -0.25) is 9.59 Å². The number of amides is 2. The summed E-state index contributed by atoms with van der Waals surface area (Å²) in [5, 5.41) is 6.67. The van der Waals surface area contributed by atoms with Crippen molar-refractivity contribution >= 4 is 34.0 Å². The Labute approximate surface area is 200 Å². The number of nitrogens with one attached hydrogen (secondary N) is 2. The summed E-state index contributed by atoms with van der Waals surface area (Å²) in [7, 11) is 0. The number of carbonyl (C=O) groups is 2. The first kappa shape index (κ1) is 24.4. The third-order valence-corrected chi connectivity index (χ3v) is 5.47. The Kier molecular flexibility index (Phi) is 8.16. The highest BCUT2D eigenvalue weighted by Gasteiger charge is 2.22. The summed E-state index contributed by atoms with van der Waals surface area (Å²) < 4.78 is 19.8. The van der Waals surface area contributed by atoms with Crippen molar-refractivity contribution in [1.82, 2.24) is 10.7 Å². The maximum Gasteiger partial charge on any atom is 0.262 e. The number of hydrogen-bond donors (Lipinski definition) is 2. The van der Waals surface area contributed by atoms with Crippen molar-refractivity contribution < 1.29 is 18.4 Å². The normalized spacial score (nSPS) is 12.2. The SMILES string of the molecule is Cc1ccc(-c2ccc(/C=N\NC(=O)[C@H](CC(C)C)NC(=O)c3ccc(F)cc3)o2)c(Br)c1. The Balaban J connectivity index is 1.64. The van der Waals surface area contributed by atoms with Gasteiger partial charge in [0.05, 0.1) is 6.21 Å². The molecule has 0 fully saturated rings. The van der Waals surface area contributed by atoms with Gasteiger partial charge in [0.2, 0.25) is 0 Å². The van der Waals surface area contributed by atoms with Crippen molar-refractivity contribution in [1.29, 1.82) is 0 Å². The molecule has 0 saturated heterocycles. The quantitative estimate of drug-likeness (QED) is 0.310. The molecule has 3 aromatic rings. The monoisotopic (exact) mass is 513 g/mol. The van der Waals surface area contributed by atoms with Crippen LogP contribution in [0.2, 0.25) is 0 Å². The zero-order valence-corrected chi connectivity index (χ0v) is 20.1. The molecule has 2 N–H and O–H groups in total. The first-order chi connectivity index (χ1) is 15.7. The largest absolute Gasteiger partial charge is 0.455 e. The molecule has 6 nitrogen and oxygen atoms in total. The second-order valence-corrected chi connectivity index (χ2v) is 8.94. The molecule has 1 heterocycles. The van der Waals surface area contributed by atoms with Gasteiger partial charge in [0.1, 0.15) is 23.4 Å². The number of nitrogens with zero attached hydrogens (tertiary/aromatic N) is 1. The molecule has 1 atom stereocenters. The van der Waals surface area contributed by atoms with Crippen molar-refractivity contribution in [3.8, 4) is 11.3 Å². The van der Waals surface area contributed by atoms with Crippen molar-refractivity contribution in [2.75, 3.05) is 0 Å². The molecule has 0 aliphatic carbocycles. The van der Waals surface area contributed by atoms with Crippen LogP contribution < -0.4 is 10.7 Å². The Hall–Kier alpha value is -3.26. The molecule has 2 aromatic carbocycles. The van der Waals surface area contributed by atoms with E-state index in [0.29, 0.717) is 17.9 Å². The molecular formula is C25H25BrFN3O3. The smallest absolute Gasteiger partial charge is 0.262 e. The van der Waals surface area contributed by atoms with Gasteiger partial charge < -0.3 is 9.73 Å². The van der Waals surface area contributed by atoms with Gasteiger partial charge in [0.15, 0.2) is 0 Å². The van der Waals surface area contributed by atoms with Crippen LogP contribution in [0.4, 0.5) is 4.39 Å². The highest BCUT2D eigenvalue weighted by atomic mass is 79.9. The topological polar surface area (TPSA) is 83.7 Å². The van der Waals surface area contributed by atoms with Gasteiger partial charge in [-0.2, -0.15) is 5.10 Å². The minimum Gasteiger partial charge on any atom is -0.455 e. The van der Waals surface area contributed by atoms with Crippen molar-refractivity contribution in [3.63, 3.8) is 0 Å². The molecule has 8 heteroatoms. The Bertz CT molecular complexity index is 1160. The first-order valence-corrected chi connectivity index (χ1v) is 11.3. The molecule has 0 aliphatic rings. The predicted molar refractivity (Wildman–Crippen MR) is 129 cm³/mol. The molecule has 33 heavy (non-hydrogen) atoms. The van der Waals surface area contributed by atoms with Crippen LogP contribution in [0, 0.1) is 18.7 Å².